The molecule has 10 heteroatoms. The minimum absolute atomic E-state index is 0.0236. The third-order valence-electron chi connectivity index (χ3n) is 4.89. The molecular weight excluding hydrogens is 554 g/mol. The van der Waals surface area contributed by atoms with Crippen molar-refractivity contribution in [1.29, 1.82) is 0 Å². The first-order chi connectivity index (χ1) is 15.6. The molecule has 0 fully saturated rings. The van der Waals surface area contributed by atoms with Crippen molar-refractivity contribution < 1.29 is 17.6 Å². The lowest BCUT2D eigenvalue weighted by Gasteiger charge is -2.24. The van der Waals surface area contributed by atoms with Crippen LogP contribution in [-0.2, 0) is 21.4 Å². The first-order valence-electron chi connectivity index (χ1n) is 9.81. The normalized spacial score (nSPS) is 12.5. The second kappa shape index (κ2) is 11.0. The maximum Gasteiger partial charge on any atom is 0.243 e. The van der Waals surface area contributed by atoms with Gasteiger partial charge in [0, 0.05) is 26.6 Å². The molecule has 0 aliphatic carbocycles. The van der Waals surface area contributed by atoms with Crippen LogP contribution in [-0.4, -0.2) is 25.2 Å². The first kappa shape index (κ1) is 25.6. The Morgan fingerprint density at radius 2 is 1.76 bits per heavy atom. The van der Waals surface area contributed by atoms with Gasteiger partial charge in [-0.15, -0.1) is 0 Å². The molecule has 1 N–H and O–H groups in total. The zero-order valence-electron chi connectivity index (χ0n) is 17.4. The molecule has 0 saturated carbocycles. The lowest BCUT2D eigenvalue weighted by Crippen LogP contribution is -2.41. The molecule has 0 unspecified atom stereocenters. The molecule has 3 aromatic carbocycles. The summed E-state index contributed by atoms with van der Waals surface area (Å²) in [6.07, 6.45) is 0. The summed E-state index contributed by atoms with van der Waals surface area (Å²) in [5.74, 6) is -1.21. The van der Waals surface area contributed by atoms with E-state index in [9.17, 15) is 17.6 Å². The number of carbonyl (C=O) groups is 1. The van der Waals surface area contributed by atoms with Gasteiger partial charge >= 0.3 is 0 Å². The van der Waals surface area contributed by atoms with Gasteiger partial charge in [-0.2, -0.15) is 4.31 Å². The Morgan fingerprint density at radius 3 is 2.39 bits per heavy atom. The van der Waals surface area contributed by atoms with E-state index in [0.717, 1.165) is 14.3 Å². The van der Waals surface area contributed by atoms with E-state index in [4.69, 9.17) is 23.2 Å². The predicted molar refractivity (Wildman–Crippen MR) is 131 cm³/mol. The van der Waals surface area contributed by atoms with Crippen molar-refractivity contribution in [3.05, 3.63) is 98.2 Å². The average molecular weight is 574 g/mol. The molecule has 1 atom stereocenters. The number of halogens is 4. The number of benzene rings is 3. The highest BCUT2D eigenvalue weighted by atomic mass is 79.9. The summed E-state index contributed by atoms with van der Waals surface area (Å²) in [5, 5.41) is 3.21. The standard InChI is InChI=1S/C23H20BrCl2FN2O3S/c1-15(16-4-2-5-17(24)12-16)28-23(30)14-29(13-20-21(26)6-3-7-22(20)27)33(31,32)19-10-8-18(25)9-11-19/h2-12,15H,13-14H2,1H3,(H,28,30)/t15-/m0/s1. The lowest BCUT2D eigenvalue weighted by molar-refractivity contribution is -0.122. The van der Waals surface area contributed by atoms with Crippen molar-refractivity contribution in [1.82, 2.24) is 9.62 Å². The van der Waals surface area contributed by atoms with Crippen LogP contribution in [0.15, 0.2) is 76.1 Å². The van der Waals surface area contributed by atoms with Gasteiger partial charge in [0.05, 0.1) is 17.5 Å². The first-order valence-corrected chi connectivity index (χ1v) is 12.8. The van der Waals surface area contributed by atoms with E-state index in [1.54, 1.807) is 6.92 Å². The monoisotopic (exact) mass is 572 g/mol. The van der Waals surface area contributed by atoms with Gasteiger partial charge < -0.3 is 5.32 Å². The van der Waals surface area contributed by atoms with Crippen LogP contribution < -0.4 is 5.32 Å². The fourth-order valence-corrected chi connectivity index (χ4v) is 5.28. The van der Waals surface area contributed by atoms with Crippen LogP contribution in [0.4, 0.5) is 4.39 Å². The highest BCUT2D eigenvalue weighted by molar-refractivity contribution is 9.10. The Bertz CT molecular complexity index is 1240. The molecule has 0 aliphatic rings. The van der Waals surface area contributed by atoms with Crippen LogP contribution in [0.1, 0.15) is 24.1 Å². The van der Waals surface area contributed by atoms with Crippen molar-refractivity contribution in [2.45, 2.75) is 24.4 Å². The quantitative estimate of drug-likeness (QED) is 0.361. The topological polar surface area (TPSA) is 66.5 Å². The smallest absolute Gasteiger partial charge is 0.243 e. The lowest BCUT2D eigenvalue weighted by atomic mass is 10.1. The third kappa shape index (κ3) is 6.55. The van der Waals surface area contributed by atoms with Gasteiger partial charge in [-0.05, 0) is 61.0 Å². The van der Waals surface area contributed by atoms with E-state index in [2.05, 4.69) is 21.2 Å². The van der Waals surface area contributed by atoms with Crippen LogP contribution in [0.2, 0.25) is 10.0 Å². The van der Waals surface area contributed by atoms with E-state index in [-0.39, 0.29) is 21.5 Å². The molecule has 0 aromatic heterocycles. The maximum absolute atomic E-state index is 14.4. The summed E-state index contributed by atoms with van der Waals surface area (Å²) in [5.41, 5.74) is 0.812. The van der Waals surface area contributed by atoms with Crippen LogP contribution in [0.3, 0.4) is 0 Å². The van der Waals surface area contributed by atoms with Gasteiger partial charge in [-0.1, -0.05) is 57.3 Å². The molecule has 0 heterocycles. The molecular formula is C23H20BrCl2FN2O3S. The molecule has 0 aliphatic heterocycles. The van der Waals surface area contributed by atoms with Gasteiger partial charge in [-0.25, -0.2) is 12.8 Å². The Labute approximate surface area is 210 Å². The van der Waals surface area contributed by atoms with Crippen LogP contribution in [0.25, 0.3) is 0 Å². The highest BCUT2D eigenvalue weighted by Crippen LogP contribution is 2.25. The molecule has 3 aromatic rings. The SMILES string of the molecule is C[C@H](NC(=O)CN(Cc1c(F)cccc1Cl)S(=O)(=O)c1ccc(Cl)cc1)c1cccc(Br)c1. The summed E-state index contributed by atoms with van der Waals surface area (Å²) in [7, 11) is -4.17. The maximum atomic E-state index is 14.4. The number of rotatable bonds is 8. The summed E-state index contributed by atoms with van der Waals surface area (Å²) >= 11 is 15.4. The fourth-order valence-electron chi connectivity index (χ4n) is 3.15. The third-order valence-corrected chi connectivity index (χ3v) is 7.80. The number of nitrogens with one attached hydrogen (secondary N) is 1. The molecule has 1 amide bonds. The number of sulfonamides is 1. The van der Waals surface area contributed by atoms with Crippen molar-refractivity contribution in [3.8, 4) is 0 Å². The van der Waals surface area contributed by atoms with Crippen molar-refractivity contribution >= 4 is 55.1 Å². The van der Waals surface area contributed by atoms with E-state index in [1.807, 2.05) is 24.3 Å². The molecule has 174 valence electrons. The van der Waals surface area contributed by atoms with Crippen molar-refractivity contribution in [2.75, 3.05) is 6.54 Å². The summed E-state index contributed by atoms with van der Waals surface area (Å²) in [4.78, 5) is 12.8. The highest BCUT2D eigenvalue weighted by Gasteiger charge is 2.29. The van der Waals surface area contributed by atoms with Crippen LogP contribution in [0.5, 0.6) is 0 Å². The Balaban J connectivity index is 1.89. The van der Waals surface area contributed by atoms with Gasteiger partial charge in [0.1, 0.15) is 5.82 Å². The van der Waals surface area contributed by atoms with Gasteiger partial charge in [0.25, 0.3) is 0 Å². The Morgan fingerprint density at radius 1 is 1.09 bits per heavy atom. The van der Waals surface area contributed by atoms with E-state index in [0.29, 0.717) is 5.02 Å². The largest absolute Gasteiger partial charge is 0.348 e. The number of hydrogen-bond acceptors (Lipinski definition) is 3. The summed E-state index contributed by atoms with van der Waals surface area (Å²) in [6, 6.07) is 16.6. The Kier molecular flexibility index (Phi) is 8.53. The van der Waals surface area contributed by atoms with E-state index >= 15 is 0 Å². The van der Waals surface area contributed by atoms with Crippen LogP contribution in [0, 0.1) is 5.82 Å². The number of carbonyl (C=O) groups excluding carboxylic acids is 1. The second-order valence-corrected chi connectivity index (χ2v) is 11.0. The second-order valence-electron chi connectivity index (χ2n) is 7.27. The molecule has 0 radical (unpaired) electrons. The van der Waals surface area contributed by atoms with Gasteiger partial charge in [-0.3, -0.25) is 4.79 Å². The number of hydrogen-bond donors (Lipinski definition) is 1. The molecule has 0 saturated heterocycles. The fraction of sp³-hybridized carbons (Fsp3) is 0.174. The zero-order chi connectivity index (χ0) is 24.2. The van der Waals surface area contributed by atoms with Crippen molar-refractivity contribution in [3.63, 3.8) is 0 Å². The zero-order valence-corrected chi connectivity index (χ0v) is 21.3. The van der Waals surface area contributed by atoms with E-state index in [1.165, 1.54) is 42.5 Å². The predicted octanol–water partition coefficient (Wildman–Crippen LogP) is 5.96. The van der Waals surface area contributed by atoms with E-state index < -0.39 is 34.8 Å². The van der Waals surface area contributed by atoms with Crippen molar-refractivity contribution in [2.24, 2.45) is 0 Å². The number of amides is 1. The number of nitrogens with zero attached hydrogens (tertiary/aromatic N) is 1. The molecule has 33 heavy (non-hydrogen) atoms. The molecule has 0 bridgehead atoms. The van der Waals surface area contributed by atoms with Gasteiger partial charge in [0.2, 0.25) is 15.9 Å². The molecule has 0 spiro atoms. The minimum Gasteiger partial charge on any atom is -0.348 e. The summed E-state index contributed by atoms with van der Waals surface area (Å²) in [6.45, 7) is 0.828. The molecule has 5 nitrogen and oxygen atoms in total. The van der Waals surface area contributed by atoms with Crippen LogP contribution >= 0.6 is 39.1 Å². The van der Waals surface area contributed by atoms with Gasteiger partial charge in [0.15, 0.2) is 0 Å². The molecule has 3 rings (SSSR count). The Hall–Kier alpha value is -1.97. The minimum atomic E-state index is -4.17. The average Bonchev–Trinajstić information content (AvgIpc) is 2.75. The summed E-state index contributed by atoms with van der Waals surface area (Å²) < 4.78 is 42.8.